The van der Waals surface area contributed by atoms with Gasteiger partial charge >= 0.3 is 0 Å². The Labute approximate surface area is 174 Å². The average Bonchev–Trinajstić information content (AvgIpc) is 2.80. The number of amides is 1. The maximum atomic E-state index is 12.6. The molecule has 0 bridgehead atoms. The third kappa shape index (κ3) is 5.53. The molecular weight excluding hydrogens is 358 g/mol. The Bertz CT molecular complexity index is 760. The van der Waals surface area contributed by atoms with E-state index in [2.05, 4.69) is 64.8 Å². The average molecular weight is 392 g/mol. The molecule has 2 aromatic carbocycles. The first-order valence-electron chi connectivity index (χ1n) is 11.2. The molecule has 29 heavy (non-hydrogen) atoms. The van der Waals surface area contributed by atoms with Crippen molar-refractivity contribution in [1.82, 2.24) is 4.90 Å². The van der Waals surface area contributed by atoms with Gasteiger partial charge in [-0.1, -0.05) is 30.3 Å². The van der Waals surface area contributed by atoms with Gasteiger partial charge < -0.3 is 15.1 Å². The van der Waals surface area contributed by atoms with Gasteiger partial charge in [-0.05, 0) is 74.3 Å². The number of piperidine rings is 2. The number of likely N-dealkylation sites (tertiary alicyclic amines) is 1. The van der Waals surface area contributed by atoms with Gasteiger partial charge in [0.15, 0.2) is 0 Å². The fourth-order valence-corrected chi connectivity index (χ4v) is 4.57. The molecule has 1 amide bonds. The van der Waals surface area contributed by atoms with E-state index in [9.17, 15) is 4.79 Å². The minimum atomic E-state index is 0.211. The number of nitrogens with one attached hydrogen (secondary N) is 1. The number of rotatable bonds is 6. The first-order valence-corrected chi connectivity index (χ1v) is 11.2. The van der Waals surface area contributed by atoms with Crippen LogP contribution < -0.4 is 10.2 Å². The van der Waals surface area contributed by atoms with Gasteiger partial charge in [0.2, 0.25) is 5.91 Å². The fourth-order valence-electron chi connectivity index (χ4n) is 4.57. The Hall–Kier alpha value is -2.49. The first kappa shape index (κ1) is 19.8. The van der Waals surface area contributed by atoms with Gasteiger partial charge in [0, 0.05) is 37.6 Å². The minimum absolute atomic E-state index is 0.211. The molecule has 0 aliphatic carbocycles. The SMILES string of the molecule is O=C(CNc1ccc(N2CCCCC2)cc1)N1CCC(Cc2ccccc2)CC1. The number of anilines is 2. The van der Waals surface area contributed by atoms with Gasteiger partial charge in [-0.2, -0.15) is 0 Å². The lowest BCUT2D eigenvalue weighted by atomic mass is 9.90. The number of benzene rings is 2. The Morgan fingerprint density at radius 3 is 2.24 bits per heavy atom. The van der Waals surface area contributed by atoms with Crippen LogP contribution in [-0.4, -0.2) is 43.5 Å². The molecule has 2 heterocycles. The van der Waals surface area contributed by atoms with E-state index in [0.29, 0.717) is 12.5 Å². The van der Waals surface area contributed by atoms with Crippen molar-refractivity contribution >= 4 is 17.3 Å². The van der Waals surface area contributed by atoms with Crippen LogP contribution in [0.2, 0.25) is 0 Å². The van der Waals surface area contributed by atoms with Crippen LogP contribution in [0.15, 0.2) is 54.6 Å². The van der Waals surface area contributed by atoms with Crippen molar-refractivity contribution in [2.24, 2.45) is 5.92 Å². The molecule has 0 radical (unpaired) electrons. The second kappa shape index (κ2) is 9.82. The minimum Gasteiger partial charge on any atom is -0.376 e. The Morgan fingerprint density at radius 1 is 0.862 bits per heavy atom. The molecular formula is C25H33N3O. The second-order valence-electron chi connectivity index (χ2n) is 8.46. The highest BCUT2D eigenvalue weighted by atomic mass is 16.2. The molecule has 4 rings (SSSR count). The van der Waals surface area contributed by atoms with E-state index in [-0.39, 0.29) is 5.91 Å². The summed E-state index contributed by atoms with van der Waals surface area (Å²) in [6.45, 7) is 4.46. The van der Waals surface area contributed by atoms with Gasteiger partial charge in [0.25, 0.3) is 0 Å². The maximum Gasteiger partial charge on any atom is 0.241 e. The number of carbonyl (C=O) groups is 1. The van der Waals surface area contributed by atoms with Crippen molar-refractivity contribution in [1.29, 1.82) is 0 Å². The van der Waals surface area contributed by atoms with Crippen molar-refractivity contribution in [3.8, 4) is 0 Å². The molecule has 0 unspecified atom stereocenters. The summed E-state index contributed by atoms with van der Waals surface area (Å²) in [5.74, 6) is 0.903. The van der Waals surface area contributed by atoms with Crippen LogP contribution in [0.25, 0.3) is 0 Å². The summed E-state index contributed by atoms with van der Waals surface area (Å²) in [7, 11) is 0. The molecule has 4 heteroatoms. The molecule has 154 valence electrons. The molecule has 2 fully saturated rings. The summed E-state index contributed by atoms with van der Waals surface area (Å²) >= 11 is 0. The van der Waals surface area contributed by atoms with Crippen LogP contribution in [0.4, 0.5) is 11.4 Å². The third-order valence-corrected chi connectivity index (χ3v) is 6.37. The standard InChI is InChI=1S/C25H33N3O/c29-25(28-17-13-22(14-18-28)19-21-7-3-1-4-8-21)20-26-23-9-11-24(12-10-23)27-15-5-2-6-16-27/h1,3-4,7-12,22,26H,2,5-6,13-20H2. The van der Waals surface area contributed by atoms with Crippen molar-refractivity contribution in [3.63, 3.8) is 0 Å². The first-order chi connectivity index (χ1) is 14.3. The van der Waals surface area contributed by atoms with Crippen LogP contribution >= 0.6 is 0 Å². The molecule has 2 aromatic rings. The van der Waals surface area contributed by atoms with Crippen molar-refractivity contribution in [3.05, 3.63) is 60.2 Å². The monoisotopic (exact) mass is 391 g/mol. The Balaban J connectivity index is 1.20. The largest absolute Gasteiger partial charge is 0.376 e. The van der Waals surface area contributed by atoms with Gasteiger partial charge in [0.05, 0.1) is 6.54 Å². The predicted molar refractivity (Wildman–Crippen MR) is 120 cm³/mol. The Morgan fingerprint density at radius 2 is 1.55 bits per heavy atom. The highest BCUT2D eigenvalue weighted by Gasteiger charge is 2.22. The van der Waals surface area contributed by atoms with Gasteiger partial charge in [-0.25, -0.2) is 0 Å². The van der Waals surface area contributed by atoms with E-state index in [1.807, 2.05) is 4.90 Å². The number of hydrogen-bond acceptors (Lipinski definition) is 3. The van der Waals surface area contributed by atoms with Gasteiger partial charge in [0.1, 0.15) is 0 Å². The normalized spacial score (nSPS) is 17.9. The van der Waals surface area contributed by atoms with Gasteiger partial charge in [-0.3, -0.25) is 4.79 Å². The molecule has 2 saturated heterocycles. The quantitative estimate of drug-likeness (QED) is 0.783. The molecule has 2 aliphatic heterocycles. The lowest BCUT2D eigenvalue weighted by Crippen LogP contribution is -2.41. The molecule has 0 spiro atoms. The molecule has 2 aliphatic rings. The molecule has 1 N–H and O–H groups in total. The fraction of sp³-hybridized carbons (Fsp3) is 0.480. The number of hydrogen-bond donors (Lipinski definition) is 1. The van der Waals surface area contributed by atoms with E-state index in [1.165, 1.54) is 30.5 Å². The third-order valence-electron chi connectivity index (χ3n) is 6.37. The topological polar surface area (TPSA) is 35.6 Å². The van der Waals surface area contributed by atoms with Crippen molar-refractivity contribution < 1.29 is 4.79 Å². The predicted octanol–water partition coefficient (Wildman–Crippen LogP) is 4.57. The lowest BCUT2D eigenvalue weighted by Gasteiger charge is -2.32. The summed E-state index contributed by atoms with van der Waals surface area (Å²) in [5.41, 5.74) is 3.73. The molecule has 4 nitrogen and oxygen atoms in total. The summed E-state index contributed by atoms with van der Waals surface area (Å²) in [6, 6.07) is 19.2. The summed E-state index contributed by atoms with van der Waals surface area (Å²) < 4.78 is 0. The van der Waals surface area contributed by atoms with Gasteiger partial charge in [-0.15, -0.1) is 0 Å². The second-order valence-corrected chi connectivity index (χ2v) is 8.46. The van der Waals surface area contributed by atoms with E-state index in [4.69, 9.17) is 0 Å². The van der Waals surface area contributed by atoms with E-state index >= 15 is 0 Å². The smallest absolute Gasteiger partial charge is 0.241 e. The van der Waals surface area contributed by atoms with E-state index in [0.717, 1.165) is 51.1 Å². The maximum absolute atomic E-state index is 12.6. The van der Waals surface area contributed by atoms with Crippen LogP contribution in [0, 0.1) is 5.92 Å². The molecule has 0 aromatic heterocycles. The zero-order chi connectivity index (χ0) is 19.9. The zero-order valence-corrected chi connectivity index (χ0v) is 17.4. The summed E-state index contributed by atoms with van der Waals surface area (Å²) in [4.78, 5) is 17.1. The van der Waals surface area contributed by atoms with Crippen LogP contribution in [0.5, 0.6) is 0 Å². The summed E-state index contributed by atoms with van der Waals surface area (Å²) in [5, 5.41) is 3.31. The molecule has 0 atom stereocenters. The van der Waals surface area contributed by atoms with Crippen LogP contribution in [0.1, 0.15) is 37.7 Å². The number of carbonyl (C=O) groups excluding carboxylic acids is 1. The number of nitrogens with zero attached hydrogens (tertiary/aromatic N) is 2. The highest BCUT2D eigenvalue weighted by molar-refractivity contribution is 5.81. The van der Waals surface area contributed by atoms with Crippen LogP contribution in [0.3, 0.4) is 0 Å². The molecule has 0 saturated carbocycles. The zero-order valence-electron chi connectivity index (χ0n) is 17.4. The van der Waals surface area contributed by atoms with E-state index < -0.39 is 0 Å². The van der Waals surface area contributed by atoms with Crippen molar-refractivity contribution in [2.45, 2.75) is 38.5 Å². The Kier molecular flexibility index (Phi) is 6.71. The lowest BCUT2D eigenvalue weighted by molar-refractivity contribution is -0.130. The van der Waals surface area contributed by atoms with E-state index in [1.54, 1.807) is 0 Å². The van der Waals surface area contributed by atoms with Crippen LogP contribution in [-0.2, 0) is 11.2 Å². The highest BCUT2D eigenvalue weighted by Crippen LogP contribution is 2.23. The summed E-state index contributed by atoms with van der Waals surface area (Å²) in [6.07, 6.45) is 7.26. The van der Waals surface area contributed by atoms with Crippen molar-refractivity contribution in [2.75, 3.05) is 42.9 Å².